The molecule has 0 aliphatic rings. The molecule has 0 aromatic heterocycles. The molecule has 0 amide bonds. The minimum atomic E-state index is -2.75. The third-order valence-electron chi connectivity index (χ3n) is 6.39. The Bertz CT molecular complexity index is 1110. The number of carbonyl (C=O) groups excluding carboxylic acids is 1. The molecule has 0 saturated heterocycles. The summed E-state index contributed by atoms with van der Waals surface area (Å²) in [5, 5.41) is 2.71. The molecule has 0 fully saturated rings. The molecule has 172 valence electrons. The molecule has 4 rings (SSSR count). The molecule has 0 saturated carbocycles. The van der Waals surface area contributed by atoms with Crippen LogP contribution in [0.5, 0.6) is 0 Å². The third kappa shape index (κ3) is 5.80. The van der Waals surface area contributed by atoms with Crippen molar-refractivity contribution in [2.75, 3.05) is 6.61 Å². The monoisotopic (exact) mass is 464 g/mol. The number of benzene rings is 4. The van der Waals surface area contributed by atoms with Crippen LogP contribution >= 0.6 is 0 Å². The van der Waals surface area contributed by atoms with Gasteiger partial charge in [-0.2, -0.15) is 0 Å². The lowest BCUT2D eigenvalue weighted by atomic mass is 10.2. The summed E-state index contributed by atoms with van der Waals surface area (Å²) in [6.45, 7) is 3.44. The normalized spacial score (nSPS) is 12.3. The Hall–Kier alpha value is -3.27. The first-order chi connectivity index (χ1) is 16.7. The molecule has 0 bridgehead atoms. The Morgan fingerprint density at radius 2 is 1.12 bits per heavy atom. The molecule has 0 aliphatic carbocycles. The van der Waals surface area contributed by atoms with Crippen LogP contribution in [0, 0.1) is 5.92 Å². The second-order valence-electron chi connectivity index (χ2n) is 9.03. The maximum Gasteiger partial charge on any atom is 0.194 e. The molecule has 0 unspecified atom stereocenters. The summed E-state index contributed by atoms with van der Waals surface area (Å²) in [7, 11) is -2.75. The molecule has 2 nitrogen and oxygen atoms in total. The Morgan fingerprint density at radius 1 is 0.676 bits per heavy atom. The van der Waals surface area contributed by atoms with E-state index in [0.29, 0.717) is 25.0 Å². The quantitative estimate of drug-likeness (QED) is 0.276. The highest BCUT2D eigenvalue weighted by Crippen LogP contribution is 2.22. The summed E-state index contributed by atoms with van der Waals surface area (Å²) in [4.78, 5) is 14.3. The number of carbonyl (C=O) groups is 1. The molecule has 3 heteroatoms. The molecular formula is C31H32O2Si. The molecule has 1 atom stereocenters. The average molecular weight is 465 g/mol. The molecule has 4 aromatic carbocycles. The Balaban J connectivity index is 1.65. The van der Waals surface area contributed by atoms with E-state index in [0.717, 1.165) is 11.6 Å². The smallest absolute Gasteiger partial charge is 0.194 e. The van der Waals surface area contributed by atoms with Crippen molar-refractivity contribution in [2.24, 2.45) is 5.92 Å². The standard InChI is InChI=1S/C31H32O2Si/c1-26(23-33-24-28-16-8-3-9-17-28)25-34(29-18-10-4-11-19-29,30-20-12-5-13-21-30)31(32)22-27-14-6-2-7-15-27/h2-21,26H,22-25H2,1H3/t26-/m1/s1. The van der Waals surface area contributed by atoms with Gasteiger partial charge in [0.1, 0.15) is 5.41 Å². The van der Waals surface area contributed by atoms with E-state index in [1.54, 1.807) is 0 Å². The van der Waals surface area contributed by atoms with Crippen LogP contribution in [0.1, 0.15) is 18.1 Å². The second-order valence-corrected chi connectivity index (χ2v) is 13.0. The number of ether oxygens (including phenoxy) is 1. The van der Waals surface area contributed by atoms with Gasteiger partial charge in [0.25, 0.3) is 0 Å². The van der Waals surface area contributed by atoms with Crippen LogP contribution in [0.3, 0.4) is 0 Å². The molecule has 34 heavy (non-hydrogen) atoms. The fourth-order valence-corrected chi connectivity index (χ4v) is 9.62. The van der Waals surface area contributed by atoms with Gasteiger partial charge < -0.3 is 9.53 Å². The van der Waals surface area contributed by atoms with Crippen molar-refractivity contribution < 1.29 is 9.53 Å². The maximum absolute atomic E-state index is 14.3. The molecule has 0 aliphatic heterocycles. The van der Waals surface area contributed by atoms with Gasteiger partial charge in [-0.1, -0.05) is 128 Å². The summed E-state index contributed by atoms with van der Waals surface area (Å²) in [6, 6.07) is 42.1. The van der Waals surface area contributed by atoms with Gasteiger partial charge in [-0.25, -0.2) is 0 Å². The summed E-state index contributed by atoms with van der Waals surface area (Å²) in [6.07, 6.45) is 0.453. The first-order valence-electron chi connectivity index (χ1n) is 12.0. The van der Waals surface area contributed by atoms with Crippen molar-refractivity contribution in [3.05, 3.63) is 132 Å². The van der Waals surface area contributed by atoms with E-state index >= 15 is 0 Å². The summed E-state index contributed by atoms with van der Waals surface area (Å²) < 4.78 is 6.11. The minimum Gasteiger partial charge on any atom is -0.377 e. The summed E-state index contributed by atoms with van der Waals surface area (Å²) in [5.41, 5.74) is 2.24. The van der Waals surface area contributed by atoms with E-state index in [4.69, 9.17) is 4.74 Å². The van der Waals surface area contributed by atoms with Gasteiger partial charge in [0.05, 0.1) is 6.61 Å². The molecule has 0 heterocycles. The van der Waals surface area contributed by atoms with Crippen molar-refractivity contribution in [3.8, 4) is 0 Å². The van der Waals surface area contributed by atoms with Gasteiger partial charge in [-0.3, -0.25) is 0 Å². The Labute approximate surface area is 204 Å². The predicted molar refractivity (Wildman–Crippen MR) is 143 cm³/mol. The van der Waals surface area contributed by atoms with Crippen molar-refractivity contribution in [2.45, 2.75) is 26.0 Å². The first-order valence-corrected chi connectivity index (χ1v) is 14.2. The van der Waals surface area contributed by atoms with Crippen LogP contribution in [0.2, 0.25) is 6.04 Å². The molecule has 0 radical (unpaired) electrons. The van der Waals surface area contributed by atoms with Crippen molar-refractivity contribution in [1.29, 1.82) is 0 Å². The van der Waals surface area contributed by atoms with Gasteiger partial charge in [0, 0.05) is 13.0 Å². The molecule has 4 aromatic rings. The summed E-state index contributed by atoms with van der Waals surface area (Å²) in [5.74, 6) is 0.246. The van der Waals surface area contributed by atoms with Crippen molar-refractivity contribution in [3.63, 3.8) is 0 Å². The van der Waals surface area contributed by atoms with E-state index in [1.807, 2.05) is 48.5 Å². The zero-order chi connectivity index (χ0) is 23.6. The van der Waals surface area contributed by atoms with Crippen LogP contribution in [0.4, 0.5) is 0 Å². The molecular weight excluding hydrogens is 432 g/mol. The van der Waals surface area contributed by atoms with Gasteiger partial charge in [-0.05, 0) is 33.5 Å². The lowest BCUT2D eigenvalue weighted by Crippen LogP contribution is -2.66. The molecule has 0 spiro atoms. The lowest BCUT2D eigenvalue weighted by Gasteiger charge is -2.34. The highest BCUT2D eigenvalue weighted by Gasteiger charge is 2.45. The summed E-state index contributed by atoms with van der Waals surface area (Å²) >= 11 is 0. The fourth-order valence-electron chi connectivity index (χ4n) is 4.75. The SMILES string of the molecule is C[C@H](COCc1ccccc1)C[Si](C(=O)Cc1ccccc1)(c1ccccc1)c1ccccc1. The second kappa shape index (κ2) is 11.7. The van der Waals surface area contributed by atoms with E-state index in [1.165, 1.54) is 15.9 Å². The van der Waals surface area contributed by atoms with Crippen LogP contribution < -0.4 is 10.4 Å². The van der Waals surface area contributed by atoms with Gasteiger partial charge >= 0.3 is 0 Å². The van der Waals surface area contributed by atoms with Crippen molar-refractivity contribution in [1.82, 2.24) is 0 Å². The largest absolute Gasteiger partial charge is 0.377 e. The molecule has 0 N–H and O–H groups in total. The third-order valence-corrected chi connectivity index (χ3v) is 11.5. The fraction of sp³-hybridized carbons (Fsp3) is 0.194. The maximum atomic E-state index is 14.3. The topological polar surface area (TPSA) is 26.3 Å². The predicted octanol–water partition coefficient (Wildman–Crippen LogP) is 5.45. The highest BCUT2D eigenvalue weighted by atomic mass is 28.3. The number of hydrogen-bond acceptors (Lipinski definition) is 2. The Kier molecular flexibility index (Phi) is 8.24. The van der Waals surface area contributed by atoms with E-state index in [9.17, 15) is 4.79 Å². The van der Waals surface area contributed by atoms with E-state index in [-0.39, 0.29) is 5.92 Å². The van der Waals surface area contributed by atoms with Gasteiger partial charge in [0.15, 0.2) is 8.07 Å². The zero-order valence-electron chi connectivity index (χ0n) is 19.8. The van der Waals surface area contributed by atoms with Gasteiger partial charge in [0.2, 0.25) is 0 Å². The van der Waals surface area contributed by atoms with Crippen LogP contribution in [-0.2, 0) is 22.6 Å². The van der Waals surface area contributed by atoms with Crippen LogP contribution in [0.25, 0.3) is 0 Å². The minimum absolute atomic E-state index is 0.246. The highest BCUT2D eigenvalue weighted by molar-refractivity contribution is 7.22. The Morgan fingerprint density at radius 3 is 1.62 bits per heavy atom. The van der Waals surface area contributed by atoms with E-state index < -0.39 is 8.07 Å². The first kappa shape index (κ1) is 23.9. The van der Waals surface area contributed by atoms with Crippen LogP contribution in [-0.4, -0.2) is 20.1 Å². The number of hydrogen-bond donors (Lipinski definition) is 0. The zero-order valence-corrected chi connectivity index (χ0v) is 20.8. The van der Waals surface area contributed by atoms with E-state index in [2.05, 4.69) is 79.7 Å². The van der Waals surface area contributed by atoms with Gasteiger partial charge in [-0.15, -0.1) is 0 Å². The lowest BCUT2D eigenvalue weighted by molar-refractivity contribution is -0.112. The average Bonchev–Trinajstić information content (AvgIpc) is 2.89. The number of rotatable bonds is 11. The van der Waals surface area contributed by atoms with Crippen molar-refractivity contribution >= 4 is 23.9 Å². The van der Waals surface area contributed by atoms with Crippen LogP contribution in [0.15, 0.2) is 121 Å².